The van der Waals surface area contributed by atoms with Gasteiger partial charge in [-0.15, -0.1) is 0 Å². The highest BCUT2D eigenvalue weighted by Crippen LogP contribution is 2.33. The van der Waals surface area contributed by atoms with Crippen molar-refractivity contribution >= 4 is 17.2 Å². The largest absolute Gasteiger partial charge is 0.393 e. The summed E-state index contributed by atoms with van der Waals surface area (Å²) in [5.74, 6) is 0.775. The third-order valence-corrected chi connectivity index (χ3v) is 5.79. The molecule has 1 aromatic carbocycles. The molecule has 3 heterocycles. The molecule has 178 valence electrons. The Labute approximate surface area is 197 Å². The van der Waals surface area contributed by atoms with Crippen molar-refractivity contribution in [3.63, 3.8) is 0 Å². The molecule has 1 aliphatic heterocycles. The number of aliphatic hydroxyl groups excluding tert-OH is 1. The zero-order valence-corrected chi connectivity index (χ0v) is 18.9. The Bertz CT molecular complexity index is 1140. The van der Waals surface area contributed by atoms with Crippen molar-refractivity contribution in [3.8, 4) is 11.1 Å². The van der Waals surface area contributed by atoms with E-state index in [0.29, 0.717) is 17.9 Å². The van der Waals surface area contributed by atoms with Gasteiger partial charge in [0.15, 0.2) is 0 Å². The molecule has 1 fully saturated rings. The van der Waals surface area contributed by atoms with Gasteiger partial charge in [-0.25, -0.2) is 4.98 Å². The maximum Gasteiger partial charge on any atom is 0.393 e. The minimum absolute atomic E-state index is 0.201. The molecule has 1 aliphatic rings. The zero-order valence-electron chi connectivity index (χ0n) is 18.9. The first-order valence-corrected chi connectivity index (χ1v) is 11.2. The number of piperidine rings is 1. The average Bonchev–Trinajstić information content (AvgIpc) is 2.79. The van der Waals surface area contributed by atoms with Gasteiger partial charge in [0, 0.05) is 59.3 Å². The number of rotatable bonds is 6. The normalized spacial score (nSPS) is 16.4. The number of aliphatic hydroxyl groups is 1. The van der Waals surface area contributed by atoms with Gasteiger partial charge in [0.2, 0.25) is 0 Å². The number of alkyl halides is 3. The summed E-state index contributed by atoms with van der Waals surface area (Å²) >= 11 is 0. The number of anilines is 2. The lowest BCUT2D eigenvalue weighted by atomic mass is 10.0. The van der Waals surface area contributed by atoms with E-state index in [9.17, 15) is 18.3 Å². The predicted molar refractivity (Wildman–Crippen MR) is 129 cm³/mol. The Morgan fingerprint density at radius 2 is 1.91 bits per heavy atom. The lowest BCUT2D eigenvalue weighted by Crippen LogP contribution is -2.39. The summed E-state index contributed by atoms with van der Waals surface area (Å²) < 4.78 is 37.8. The van der Waals surface area contributed by atoms with Gasteiger partial charge >= 0.3 is 6.18 Å². The van der Waals surface area contributed by atoms with Crippen molar-refractivity contribution in [1.82, 2.24) is 9.97 Å². The van der Waals surface area contributed by atoms with E-state index < -0.39 is 18.7 Å². The van der Waals surface area contributed by atoms with Crippen LogP contribution in [0.4, 0.5) is 24.7 Å². The van der Waals surface area contributed by atoms with Crippen molar-refractivity contribution in [2.75, 3.05) is 23.3 Å². The van der Waals surface area contributed by atoms with Crippen LogP contribution < -0.4 is 10.2 Å². The van der Waals surface area contributed by atoms with Gasteiger partial charge in [0.05, 0.1) is 12.5 Å². The van der Waals surface area contributed by atoms with E-state index >= 15 is 0 Å². The van der Waals surface area contributed by atoms with E-state index in [2.05, 4.69) is 21.8 Å². The number of aryl methyl sites for hydroxylation is 1. The highest BCUT2D eigenvalue weighted by molar-refractivity contribution is 5.82. The standard InChI is InChI=1S/C26H27F3N4O/c1-17-5-8-20(14-30-17)24-12-21(15-31-25(24)33-11-3-4-23(34)16-33)18(2)32-22-9-6-19(7-10-22)13-26(27,28)29/h5-10,12,14-15,23,32,34H,2-4,11,13,16H2,1H3/t23-/m0/s1. The van der Waals surface area contributed by atoms with Crippen LogP contribution >= 0.6 is 0 Å². The fourth-order valence-electron chi connectivity index (χ4n) is 4.05. The Kier molecular flexibility index (Phi) is 6.88. The Morgan fingerprint density at radius 3 is 2.56 bits per heavy atom. The molecule has 3 aromatic rings. The molecule has 2 aromatic heterocycles. The van der Waals surface area contributed by atoms with Gasteiger partial charge in [-0.3, -0.25) is 4.98 Å². The van der Waals surface area contributed by atoms with Crippen LogP contribution in [-0.2, 0) is 6.42 Å². The lowest BCUT2D eigenvalue weighted by molar-refractivity contribution is -0.127. The number of pyridine rings is 2. The van der Waals surface area contributed by atoms with Gasteiger partial charge in [0.25, 0.3) is 0 Å². The molecular formula is C26H27F3N4O. The number of halogens is 3. The molecule has 0 unspecified atom stereocenters. The first-order chi connectivity index (χ1) is 16.2. The van der Waals surface area contributed by atoms with Crippen LogP contribution in [0, 0.1) is 6.92 Å². The third-order valence-electron chi connectivity index (χ3n) is 5.79. The number of aromatic nitrogens is 2. The highest BCUT2D eigenvalue weighted by Gasteiger charge is 2.27. The van der Waals surface area contributed by atoms with Crippen LogP contribution in [0.2, 0.25) is 0 Å². The van der Waals surface area contributed by atoms with Gasteiger partial charge in [-0.2, -0.15) is 13.2 Å². The van der Waals surface area contributed by atoms with Crippen LogP contribution in [0.5, 0.6) is 0 Å². The Hall–Kier alpha value is -3.39. The molecule has 8 heteroatoms. The van der Waals surface area contributed by atoms with Gasteiger partial charge in [-0.05, 0) is 49.6 Å². The number of nitrogens with zero attached hydrogens (tertiary/aromatic N) is 3. The minimum Gasteiger partial charge on any atom is -0.391 e. The monoisotopic (exact) mass is 468 g/mol. The first kappa shape index (κ1) is 23.8. The van der Waals surface area contributed by atoms with Crippen molar-refractivity contribution in [2.45, 2.75) is 38.5 Å². The Balaban J connectivity index is 1.60. The summed E-state index contributed by atoms with van der Waals surface area (Å²) in [4.78, 5) is 11.2. The molecule has 0 radical (unpaired) electrons. The van der Waals surface area contributed by atoms with E-state index in [1.807, 2.05) is 25.1 Å². The van der Waals surface area contributed by atoms with Crippen LogP contribution in [0.1, 0.15) is 29.7 Å². The topological polar surface area (TPSA) is 61.3 Å². The summed E-state index contributed by atoms with van der Waals surface area (Å²) in [5, 5.41) is 13.3. The number of nitrogens with one attached hydrogen (secondary N) is 1. The average molecular weight is 469 g/mol. The summed E-state index contributed by atoms with van der Waals surface area (Å²) in [6, 6.07) is 12.0. The van der Waals surface area contributed by atoms with Crippen molar-refractivity contribution < 1.29 is 18.3 Å². The summed E-state index contributed by atoms with van der Waals surface area (Å²) in [5.41, 5.74) is 4.84. The molecule has 4 rings (SSSR count). The van der Waals surface area contributed by atoms with E-state index in [1.165, 1.54) is 12.1 Å². The first-order valence-electron chi connectivity index (χ1n) is 11.2. The molecule has 0 aliphatic carbocycles. The molecule has 0 bridgehead atoms. The second kappa shape index (κ2) is 9.85. The maximum atomic E-state index is 12.6. The second-order valence-electron chi connectivity index (χ2n) is 8.62. The van der Waals surface area contributed by atoms with Crippen molar-refractivity contribution in [3.05, 3.63) is 78.3 Å². The van der Waals surface area contributed by atoms with E-state index in [0.717, 1.165) is 47.6 Å². The number of hydrogen-bond acceptors (Lipinski definition) is 5. The number of hydrogen-bond donors (Lipinski definition) is 2. The van der Waals surface area contributed by atoms with Crippen molar-refractivity contribution in [2.24, 2.45) is 0 Å². The lowest BCUT2D eigenvalue weighted by Gasteiger charge is -2.32. The molecule has 34 heavy (non-hydrogen) atoms. The van der Waals surface area contributed by atoms with Gasteiger partial charge < -0.3 is 15.3 Å². The quantitative estimate of drug-likeness (QED) is 0.493. The molecule has 1 atom stereocenters. The van der Waals surface area contributed by atoms with Crippen LogP contribution in [0.15, 0.2) is 61.4 Å². The van der Waals surface area contributed by atoms with Crippen LogP contribution in [-0.4, -0.2) is 40.4 Å². The number of β-amino-alcohol motifs (C(OH)–C–C–N with tert-alkyl or cyclic N) is 1. The smallest absolute Gasteiger partial charge is 0.391 e. The molecular weight excluding hydrogens is 441 g/mol. The summed E-state index contributed by atoms with van der Waals surface area (Å²) in [6.07, 6.45) is -0.412. The molecule has 0 spiro atoms. The fourth-order valence-corrected chi connectivity index (χ4v) is 4.05. The SMILES string of the molecule is C=C(Nc1ccc(CC(F)(F)F)cc1)c1cnc(N2CCC[C@H](O)C2)c(-c2ccc(C)nc2)c1. The number of benzene rings is 1. The third kappa shape index (κ3) is 5.94. The second-order valence-corrected chi connectivity index (χ2v) is 8.62. The van der Waals surface area contributed by atoms with E-state index in [1.54, 1.807) is 24.5 Å². The molecule has 5 nitrogen and oxygen atoms in total. The maximum absolute atomic E-state index is 12.6. The van der Waals surface area contributed by atoms with E-state index in [-0.39, 0.29) is 5.56 Å². The van der Waals surface area contributed by atoms with Gasteiger partial charge in [0.1, 0.15) is 5.82 Å². The van der Waals surface area contributed by atoms with Crippen molar-refractivity contribution in [1.29, 1.82) is 0 Å². The fraction of sp³-hybridized carbons (Fsp3) is 0.308. The van der Waals surface area contributed by atoms with Crippen LogP contribution in [0.25, 0.3) is 16.8 Å². The van der Waals surface area contributed by atoms with Gasteiger partial charge in [-0.1, -0.05) is 24.8 Å². The summed E-state index contributed by atoms with van der Waals surface area (Å²) in [6.45, 7) is 7.35. The molecule has 2 N–H and O–H groups in total. The van der Waals surface area contributed by atoms with E-state index in [4.69, 9.17) is 4.98 Å². The molecule has 0 saturated carbocycles. The molecule has 0 amide bonds. The molecule has 1 saturated heterocycles. The van der Waals surface area contributed by atoms with Crippen LogP contribution in [0.3, 0.4) is 0 Å². The Morgan fingerprint density at radius 1 is 1.15 bits per heavy atom. The zero-order chi connectivity index (χ0) is 24.3. The minimum atomic E-state index is -4.24. The summed E-state index contributed by atoms with van der Waals surface area (Å²) in [7, 11) is 0. The highest BCUT2D eigenvalue weighted by atomic mass is 19.4. The predicted octanol–water partition coefficient (Wildman–Crippen LogP) is 5.60.